The smallest absolute Gasteiger partial charge is 0.0359 e. The molecule has 1 heterocycles. The first-order valence-corrected chi connectivity index (χ1v) is 7.07. The lowest BCUT2D eigenvalue weighted by Crippen LogP contribution is -2.18. The van der Waals surface area contributed by atoms with Gasteiger partial charge in [0.15, 0.2) is 0 Å². The Labute approximate surface area is 106 Å². The van der Waals surface area contributed by atoms with Gasteiger partial charge in [-0.05, 0) is 44.4 Å². The molecule has 17 heavy (non-hydrogen) atoms. The second kappa shape index (κ2) is 7.54. The van der Waals surface area contributed by atoms with Gasteiger partial charge in [0.2, 0.25) is 0 Å². The van der Waals surface area contributed by atoms with E-state index in [1.165, 1.54) is 30.7 Å². The quantitative estimate of drug-likeness (QED) is 0.682. The Kier molecular flexibility index (Phi) is 6.35. The van der Waals surface area contributed by atoms with Crippen LogP contribution < -0.4 is 5.32 Å². The van der Waals surface area contributed by atoms with Crippen molar-refractivity contribution in [3.8, 4) is 0 Å². The number of rotatable bonds is 8. The van der Waals surface area contributed by atoms with Crippen LogP contribution in [0.1, 0.15) is 51.9 Å². The van der Waals surface area contributed by atoms with Crippen LogP contribution in [-0.2, 0) is 19.5 Å². The fraction of sp³-hybridized carbons (Fsp3) is 0.733. The number of hydrogen-bond acceptors (Lipinski definition) is 1. The first kappa shape index (κ1) is 14.3. The van der Waals surface area contributed by atoms with Crippen LogP contribution in [0.25, 0.3) is 0 Å². The molecule has 0 aromatic carbocycles. The van der Waals surface area contributed by atoms with Crippen LogP contribution in [0.3, 0.4) is 0 Å². The molecular weight excluding hydrogens is 208 g/mol. The van der Waals surface area contributed by atoms with Gasteiger partial charge in [0.25, 0.3) is 0 Å². The minimum atomic E-state index is 0.733. The lowest BCUT2D eigenvalue weighted by Gasteiger charge is -2.13. The summed E-state index contributed by atoms with van der Waals surface area (Å²) in [6.07, 6.45) is 3.72. The maximum Gasteiger partial charge on any atom is 0.0359 e. The van der Waals surface area contributed by atoms with Crippen molar-refractivity contribution in [3.63, 3.8) is 0 Å². The fourth-order valence-corrected chi connectivity index (χ4v) is 2.23. The van der Waals surface area contributed by atoms with Crippen molar-refractivity contribution >= 4 is 0 Å². The van der Waals surface area contributed by atoms with E-state index >= 15 is 0 Å². The van der Waals surface area contributed by atoms with Gasteiger partial charge in [0.05, 0.1) is 0 Å². The molecule has 1 N–H and O–H groups in total. The summed E-state index contributed by atoms with van der Waals surface area (Å²) in [5.41, 5.74) is 2.91. The highest BCUT2D eigenvalue weighted by atomic mass is 15.0. The molecule has 0 aliphatic rings. The Morgan fingerprint density at radius 1 is 1.18 bits per heavy atom. The lowest BCUT2D eigenvalue weighted by molar-refractivity contribution is 0.566. The molecule has 0 aliphatic heterocycles. The van der Waals surface area contributed by atoms with E-state index in [-0.39, 0.29) is 0 Å². The van der Waals surface area contributed by atoms with Crippen LogP contribution in [0, 0.1) is 5.92 Å². The molecule has 0 bridgehead atoms. The van der Waals surface area contributed by atoms with Gasteiger partial charge in [-0.15, -0.1) is 0 Å². The maximum atomic E-state index is 3.52. The summed E-state index contributed by atoms with van der Waals surface area (Å²) in [6, 6.07) is 4.57. The molecule has 0 fully saturated rings. The molecule has 0 unspecified atom stereocenters. The van der Waals surface area contributed by atoms with Gasteiger partial charge in [-0.25, -0.2) is 0 Å². The molecule has 0 aliphatic carbocycles. The van der Waals surface area contributed by atoms with Gasteiger partial charge >= 0.3 is 0 Å². The second-order valence-corrected chi connectivity index (χ2v) is 5.19. The molecular formula is C15H28N2. The van der Waals surface area contributed by atoms with E-state index in [4.69, 9.17) is 0 Å². The van der Waals surface area contributed by atoms with E-state index in [1.54, 1.807) is 0 Å². The summed E-state index contributed by atoms with van der Waals surface area (Å²) in [5.74, 6) is 0.733. The molecule has 2 nitrogen and oxygen atoms in total. The summed E-state index contributed by atoms with van der Waals surface area (Å²) in [4.78, 5) is 0. The summed E-state index contributed by atoms with van der Waals surface area (Å²) in [7, 11) is 0. The maximum absolute atomic E-state index is 3.52. The molecule has 98 valence electrons. The molecule has 0 spiro atoms. The molecule has 0 radical (unpaired) electrons. The van der Waals surface area contributed by atoms with Gasteiger partial charge < -0.3 is 9.88 Å². The van der Waals surface area contributed by atoms with Gasteiger partial charge in [0, 0.05) is 24.5 Å². The normalized spacial score (nSPS) is 11.4. The number of hydrogen-bond donors (Lipinski definition) is 1. The molecule has 0 saturated heterocycles. The first-order valence-electron chi connectivity index (χ1n) is 7.07. The van der Waals surface area contributed by atoms with Gasteiger partial charge in [-0.2, -0.15) is 0 Å². The summed E-state index contributed by atoms with van der Waals surface area (Å²) >= 11 is 0. The molecule has 0 atom stereocenters. The van der Waals surface area contributed by atoms with E-state index in [1.807, 2.05) is 0 Å². The highest BCUT2D eigenvalue weighted by Gasteiger charge is 2.07. The topological polar surface area (TPSA) is 17.0 Å². The number of nitrogens with one attached hydrogen (secondary N) is 1. The fourth-order valence-electron chi connectivity index (χ4n) is 2.23. The molecule has 1 rings (SSSR count). The average Bonchev–Trinajstić information content (AvgIpc) is 2.66. The van der Waals surface area contributed by atoms with Crippen molar-refractivity contribution in [2.75, 3.05) is 6.54 Å². The predicted octanol–water partition coefficient (Wildman–Crippen LogP) is 3.60. The Morgan fingerprint density at radius 2 is 1.88 bits per heavy atom. The van der Waals surface area contributed by atoms with Crippen molar-refractivity contribution in [3.05, 3.63) is 23.5 Å². The Bertz CT molecular complexity index is 313. The Balaban J connectivity index is 2.56. The van der Waals surface area contributed by atoms with E-state index in [0.717, 1.165) is 25.6 Å². The third-order valence-electron chi connectivity index (χ3n) is 3.11. The second-order valence-electron chi connectivity index (χ2n) is 5.19. The van der Waals surface area contributed by atoms with Gasteiger partial charge in [0.1, 0.15) is 0 Å². The zero-order valence-electron chi connectivity index (χ0n) is 11.9. The van der Waals surface area contributed by atoms with Gasteiger partial charge in [-0.1, -0.05) is 27.2 Å². The Morgan fingerprint density at radius 3 is 2.47 bits per heavy atom. The van der Waals surface area contributed by atoms with Crippen molar-refractivity contribution in [2.24, 2.45) is 5.92 Å². The molecule has 0 saturated carbocycles. The van der Waals surface area contributed by atoms with Crippen LogP contribution in [0.5, 0.6) is 0 Å². The third kappa shape index (κ3) is 4.55. The van der Waals surface area contributed by atoms with Crippen molar-refractivity contribution in [1.29, 1.82) is 0 Å². The zero-order valence-corrected chi connectivity index (χ0v) is 11.9. The number of aromatic nitrogens is 1. The van der Waals surface area contributed by atoms with E-state index in [2.05, 4.69) is 49.7 Å². The minimum absolute atomic E-state index is 0.733. The summed E-state index contributed by atoms with van der Waals surface area (Å²) in [6.45, 7) is 12.3. The monoisotopic (exact) mass is 236 g/mol. The van der Waals surface area contributed by atoms with Crippen LogP contribution >= 0.6 is 0 Å². The summed E-state index contributed by atoms with van der Waals surface area (Å²) in [5, 5.41) is 3.52. The minimum Gasteiger partial charge on any atom is -0.348 e. The van der Waals surface area contributed by atoms with Crippen molar-refractivity contribution < 1.29 is 0 Å². The largest absolute Gasteiger partial charge is 0.348 e. The SMILES string of the molecule is CCCCNCc1ccc(CC(C)C)n1CC. The van der Waals surface area contributed by atoms with Crippen LogP contribution in [-0.4, -0.2) is 11.1 Å². The average molecular weight is 236 g/mol. The molecule has 2 heteroatoms. The first-order chi connectivity index (χ1) is 8.19. The standard InChI is InChI=1S/C15H28N2/c1-5-7-10-16-12-15-9-8-14(11-13(3)4)17(15)6-2/h8-9,13,16H,5-7,10-12H2,1-4H3. The third-order valence-corrected chi connectivity index (χ3v) is 3.11. The van der Waals surface area contributed by atoms with Crippen LogP contribution in [0.2, 0.25) is 0 Å². The Hall–Kier alpha value is -0.760. The number of unbranched alkanes of at least 4 members (excludes halogenated alkanes) is 1. The lowest BCUT2D eigenvalue weighted by atomic mass is 10.1. The molecule has 1 aromatic heterocycles. The van der Waals surface area contributed by atoms with Crippen molar-refractivity contribution in [1.82, 2.24) is 9.88 Å². The van der Waals surface area contributed by atoms with E-state index in [0.29, 0.717) is 0 Å². The summed E-state index contributed by atoms with van der Waals surface area (Å²) < 4.78 is 2.46. The van der Waals surface area contributed by atoms with E-state index < -0.39 is 0 Å². The highest BCUT2D eigenvalue weighted by molar-refractivity contribution is 5.17. The van der Waals surface area contributed by atoms with Crippen LogP contribution in [0.4, 0.5) is 0 Å². The highest BCUT2D eigenvalue weighted by Crippen LogP contribution is 2.13. The molecule has 1 aromatic rings. The van der Waals surface area contributed by atoms with E-state index in [9.17, 15) is 0 Å². The predicted molar refractivity (Wildman–Crippen MR) is 75.3 cm³/mol. The van der Waals surface area contributed by atoms with Gasteiger partial charge in [-0.3, -0.25) is 0 Å². The number of nitrogens with zero attached hydrogens (tertiary/aromatic N) is 1. The molecule has 0 amide bonds. The zero-order chi connectivity index (χ0) is 12.7. The van der Waals surface area contributed by atoms with Crippen LogP contribution in [0.15, 0.2) is 12.1 Å². The van der Waals surface area contributed by atoms with Crippen molar-refractivity contribution in [2.45, 2.75) is 60.0 Å².